The van der Waals surface area contributed by atoms with E-state index in [1.54, 1.807) is 0 Å². The van der Waals surface area contributed by atoms with Crippen LogP contribution in [-0.2, 0) is 4.79 Å². The molecule has 0 bridgehead atoms. The molecule has 3 heterocycles. The second-order valence-corrected chi connectivity index (χ2v) is 8.93. The molecule has 4 aromatic rings. The Morgan fingerprint density at radius 1 is 1.21 bits per heavy atom. The maximum Gasteiger partial charge on any atom is 0.296 e. The molecule has 1 atom stereocenters. The van der Waals surface area contributed by atoms with E-state index in [2.05, 4.69) is 4.98 Å². The zero-order valence-electron chi connectivity index (χ0n) is 18.0. The van der Waals surface area contributed by atoms with E-state index in [1.807, 2.05) is 26.0 Å². The molecule has 1 amide bonds. The van der Waals surface area contributed by atoms with Crippen molar-refractivity contribution >= 4 is 44.1 Å². The largest absolute Gasteiger partial charge is 0.503 e. The van der Waals surface area contributed by atoms with Crippen LogP contribution in [-0.4, -0.2) is 26.7 Å². The fraction of sp³-hybridized carbons (Fsp3) is 0.125. The number of non-ortho nitro benzene ring substituents is 1. The Labute approximate surface area is 196 Å². The van der Waals surface area contributed by atoms with Gasteiger partial charge in [-0.1, -0.05) is 17.4 Å². The summed E-state index contributed by atoms with van der Waals surface area (Å²) in [6, 6.07) is 11.3. The standard InChI is InChI=1S/C24H17N3O6S/c1-12-10-13(2)19-17(11-12)34-24(25-19)26-20(14-5-7-15(8-6-14)27(31)32)18(22(29)23(26)30)21(28)16-4-3-9-33-16/h3-11,20,29H,1-2H3. The first-order chi connectivity index (χ1) is 16.3. The van der Waals surface area contributed by atoms with Crippen LogP contribution in [0.2, 0.25) is 0 Å². The number of aromatic nitrogens is 1. The Morgan fingerprint density at radius 2 is 1.94 bits per heavy atom. The molecule has 1 N–H and O–H groups in total. The van der Waals surface area contributed by atoms with Gasteiger partial charge in [-0.15, -0.1) is 0 Å². The lowest BCUT2D eigenvalue weighted by molar-refractivity contribution is -0.384. The average Bonchev–Trinajstić information content (AvgIpc) is 3.53. The second kappa shape index (κ2) is 7.92. The first kappa shape index (κ1) is 21.5. The molecule has 0 fully saturated rings. The highest BCUT2D eigenvalue weighted by Crippen LogP contribution is 2.44. The van der Waals surface area contributed by atoms with Crippen LogP contribution in [0.15, 0.2) is 70.5 Å². The molecule has 34 heavy (non-hydrogen) atoms. The van der Waals surface area contributed by atoms with Crippen molar-refractivity contribution < 1.29 is 24.0 Å². The summed E-state index contributed by atoms with van der Waals surface area (Å²) >= 11 is 1.26. The van der Waals surface area contributed by atoms with Gasteiger partial charge < -0.3 is 9.52 Å². The molecule has 9 nitrogen and oxygen atoms in total. The quantitative estimate of drug-likeness (QED) is 0.239. The van der Waals surface area contributed by atoms with E-state index >= 15 is 0 Å². The summed E-state index contributed by atoms with van der Waals surface area (Å²) in [5.41, 5.74) is 2.77. The first-order valence-corrected chi connectivity index (χ1v) is 11.0. The number of amides is 1. The number of carbonyl (C=O) groups is 2. The summed E-state index contributed by atoms with van der Waals surface area (Å²) in [5.74, 6) is -2.20. The van der Waals surface area contributed by atoms with Gasteiger partial charge in [0.25, 0.3) is 11.6 Å². The molecular weight excluding hydrogens is 458 g/mol. The molecule has 10 heteroatoms. The number of rotatable bonds is 5. The maximum atomic E-state index is 13.3. The number of thiazole rings is 1. The van der Waals surface area contributed by atoms with E-state index in [0.29, 0.717) is 16.2 Å². The summed E-state index contributed by atoms with van der Waals surface area (Å²) in [5, 5.41) is 22.2. The van der Waals surface area contributed by atoms with E-state index in [0.717, 1.165) is 15.8 Å². The van der Waals surface area contributed by atoms with Crippen LogP contribution in [0.25, 0.3) is 10.2 Å². The molecule has 2 aromatic heterocycles. The van der Waals surface area contributed by atoms with Crippen LogP contribution < -0.4 is 4.90 Å². The van der Waals surface area contributed by atoms with E-state index in [1.165, 1.54) is 58.9 Å². The molecule has 0 aliphatic carbocycles. The Kier molecular flexibility index (Phi) is 5.02. The predicted octanol–water partition coefficient (Wildman–Crippen LogP) is 5.20. The number of fused-ring (bicyclic) bond motifs is 1. The lowest BCUT2D eigenvalue weighted by atomic mass is 9.95. The van der Waals surface area contributed by atoms with Crippen LogP contribution in [0.5, 0.6) is 0 Å². The van der Waals surface area contributed by atoms with Crippen molar-refractivity contribution in [3.05, 3.63) is 98.7 Å². The molecule has 0 radical (unpaired) electrons. The van der Waals surface area contributed by atoms with Crippen molar-refractivity contribution in [3.8, 4) is 0 Å². The minimum absolute atomic E-state index is 0.0427. The van der Waals surface area contributed by atoms with Crippen LogP contribution in [0, 0.1) is 24.0 Å². The number of hydrogen-bond acceptors (Lipinski definition) is 8. The predicted molar refractivity (Wildman–Crippen MR) is 125 cm³/mol. The molecular formula is C24H17N3O6S. The number of benzene rings is 2. The molecule has 1 aliphatic rings. The molecule has 0 saturated carbocycles. The lowest BCUT2D eigenvalue weighted by Gasteiger charge is -2.24. The minimum Gasteiger partial charge on any atom is -0.503 e. The van der Waals surface area contributed by atoms with Crippen molar-refractivity contribution in [2.24, 2.45) is 0 Å². The number of hydrogen-bond donors (Lipinski definition) is 1. The molecule has 0 spiro atoms. The number of carbonyl (C=O) groups excluding carboxylic acids is 2. The van der Waals surface area contributed by atoms with Crippen LogP contribution in [0.1, 0.15) is 33.3 Å². The topological polar surface area (TPSA) is 127 Å². The third kappa shape index (κ3) is 3.35. The number of aliphatic hydroxyl groups is 1. The number of nitrogens with zero attached hydrogens (tertiary/aromatic N) is 3. The third-order valence-electron chi connectivity index (χ3n) is 5.64. The minimum atomic E-state index is -1.05. The van der Waals surface area contributed by atoms with Gasteiger partial charge in [0.1, 0.15) is 0 Å². The molecule has 1 aliphatic heterocycles. The van der Waals surface area contributed by atoms with Crippen molar-refractivity contribution in [2.75, 3.05) is 4.90 Å². The second-order valence-electron chi connectivity index (χ2n) is 7.92. The Hall–Kier alpha value is -4.31. The number of furan rings is 1. The number of aryl methyl sites for hydroxylation is 2. The number of nitro benzene ring substituents is 1. The zero-order chi connectivity index (χ0) is 24.1. The Bertz CT molecular complexity index is 1500. The van der Waals surface area contributed by atoms with Crippen molar-refractivity contribution in [3.63, 3.8) is 0 Å². The van der Waals surface area contributed by atoms with E-state index in [9.17, 15) is 24.8 Å². The molecule has 170 valence electrons. The smallest absolute Gasteiger partial charge is 0.296 e. The van der Waals surface area contributed by atoms with Crippen LogP contribution >= 0.6 is 11.3 Å². The molecule has 0 saturated heterocycles. The van der Waals surface area contributed by atoms with Crippen LogP contribution in [0.3, 0.4) is 0 Å². The number of nitro groups is 1. The molecule has 5 rings (SSSR count). The van der Waals surface area contributed by atoms with Gasteiger partial charge >= 0.3 is 0 Å². The van der Waals surface area contributed by atoms with Gasteiger partial charge in [-0.2, -0.15) is 0 Å². The van der Waals surface area contributed by atoms with Crippen molar-refractivity contribution in [2.45, 2.75) is 19.9 Å². The Morgan fingerprint density at radius 3 is 2.59 bits per heavy atom. The van der Waals surface area contributed by atoms with E-state index in [-0.39, 0.29) is 17.0 Å². The summed E-state index contributed by atoms with van der Waals surface area (Å²) in [7, 11) is 0. The van der Waals surface area contributed by atoms with E-state index in [4.69, 9.17) is 4.42 Å². The van der Waals surface area contributed by atoms with Gasteiger partial charge in [0.2, 0.25) is 5.78 Å². The van der Waals surface area contributed by atoms with Crippen LogP contribution in [0.4, 0.5) is 10.8 Å². The highest BCUT2D eigenvalue weighted by Gasteiger charge is 2.46. The summed E-state index contributed by atoms with van der Waals surface area (Å²) in [4.78, 5) is 43.0. The molecule has 2 aromatic carbocycles. The summed E-state index contributed by atoms with van der Waals surface area (Å²) in [6.45, 7) is 3.88. The van der Waals surface area contributed by atoms with Gasteiger partial charge in [0.05, 0.1) is 33.0 Å². The highest BCUT2D eigenvalue weighted by atomic mass is 32.1. The van der Waals surface area contributed by atoms with Gasteiger partial charge in [-0.25, -0.2) is 4.98 Å². The zero-order valence-corrected chi connectivity index (χ0v) is 18.8. The van der Waals surface area contributed by atoms with Crippen molar-refractivity contribution in [1.82, 2.24) is 4.98 Å². The van der Waals surface area contributed by atoms with Gasteiger partial charge in [0.15, 0.2) is 16.7 Å². The van der Waals surface area contributed by atoms with Gasteiger partial charge in [-0.3, -0.25) is 24.6 Å². The van der Waals surface area contributed by atoms with Crippen molar-refractivity contribution in [1.29, 1.82) is 0 Å². The first-order valence-electron chi connectivity index (χ1n) is 10.2. The summed E-state index contributed by atoms with van der Waals surface area (Å²) < 4.78 is 6.07. The SMILES string of the molecule is Cc1cc(C)c2nc(N3C(=O)C(O)=C(C(=O)c4ccco4)C3c3ccc([N+](=O)[O-])cc3)sc2c1. The highest BCUT2D eigenvalue weighted by molar-refractivity contribution is 7.22. The fourth-order valence-corrected chi connectivity index (χ4v) is 5.30. The maximum absolute atomic E-state index is 13.3. The van der Waals surface area contributed by atoms with Gasteiger partial charge in [0, 0.05) is 12.1 Å². The normalized spacial score (nSPS) is 16.0. The number of anilines is 1. The average molecular weight is 475 g/mol. The monoisotopic (exact) mass is 475 g/mol. The molecule has 1 unspecified atom stereocenters. The Balaban J connectivity index is 1.69. The lowest BCUT2D eigenvalue weighted by Crippen LogP contribution is -2.30. The van der Waals surface area contributed by atoms with Gasteiger partial charge in [-0.05, 0) is 60.9 Å². The number of Topliss-reactive ketones (excluding diaryl/α,β-unsaturated/α-hetero) is 1. The summed E-state index contributed by atoms with van der Waals surface area (Å²) in [6.07, 6.45) is 1.32. The number of ketones is 1. The third-order valence-corrected chi connectivity index (χ3v) is 6.64. The fourth-order valence-electron chi connectivity index (χ4n) is 4.13. The number of aliphatic hydroxyl groups excluding tert-OH is 1. The van der Waals surface area contributed by atoms with E-state index < -0.39 is 28.4 Å².